The van der Waals surface area contributed by atoms with E-state index in [4.69, 9.17) is 11.6 Å². The first-order valence-corrected chi connectivity index (χ1v) is 14.5. The van der Waals surface area contributed by atoms with E-state index in [0.717, 1.165) is 0 Å². The predicted octanol–water partition coefficient (Wildman–Crippen LogP) is 4.40. The third kappa shape index (κ3) is 6.12. The number of nitrogens with zero attached hydrogens (tertiary/aromatic N) is 3. The molecule has 0 unspecified atom stereocenters. The number of sulfonamides is 1. The van der Waals surface area contributed by atoms with E-state index < -0.39 is 33.1 Å². The second-order valence-corrected chi connectivity index (χ2v) is 12.6. The third-order valence-corrected chi connectivity index (χ3v) is 8.51. The average molecular weight is 556 g/mol. The van der Waals surface area contributed by atoms with Crippen molar-refractivity contribution in [2.75, 3.05) is 23.1 Å². The Labute approximate surface area is 222 Å². The van der Waals surface area contributed by atoms with E-state index in [9.17, 15) is 27.5 Å². The molecule has 1 amide bonds. The molecular weight excluding hydrogens is 521 g/mol. The summed E-state index contributed by atoms with van der Waals surface area (Å²) in [5, 5.41) is 10.8. The molecule has 1 N–H and O–H groups in total. The van der Waals surface area contributed by atoms with E-state index in [0.29, 0.717) is 17.5 Å². The number of aromatic nitrogens is 1. The maximum Gasteiger partial charge on any atom is 0.295 e. The zero-order valence-corrected chi connectivity index (χ0v) is 23.5. The fourth-order valence-corrected chi connectivity index (χ4v) is 6.58. The van der Waals surface area contributed by atoms with E-state index >= 15 is 0 Å². The first-order valence-electron chi connectivity index (χ1n) is 12.5. The average Bonchev–Trinajstić information content (AvgIpc) is 2.81. The van der Waals surface area contributed by atoms with Crippen molar-refractivity contribution in [2.24, 2.45) is 11.8 Å². The zero-order valence-electron chi connectivity index (χ0n) is 21.9. The van der Waals surface area contributed by atoms with Gasteiger partial charge in [0.1, 0.15) is 11.6 Å². The van der Waals surface area contributed by atoms with Crippen molar-refractivity contribution in [1.82, 2.24) is 9.47 Å². The van der Waals surface area contributed by atoms with Gasteiger partial charge in [-0.3, -0.25) is 18.5 Å². The van der Waals surface area contributed by atoms with Gasteiger partial charge in [0.2, 0.25) is 10.0 Å². The lowest BCUT2D eigenvalue weighted by atomic mass is 9.97. The smallest absolute Gasteiger partial charge is 0.295 e. The molecule has 0 radical (unpaired) electrons. The number of carbonyl (C=O) groups excluding carboxylic acids is 1. The van der Waals surface area contributed by atoms with Gasteiger partial charge in [-0.15, -0.1) is 0 Å². The van der Waals surface area contributed by atoms with Crippen molar-refractivity contribution in [1.29, 1.82) is 0 Å². The number of benzene rings is 1. The van der Waals surface area contributed by atoms with Gasteiger partial charge in [0.15, 0.2) is 5.75 Å². The summed E-state index contributed by atoms with van der Waals surface area (Å²) in [5.41, 5.74) is -0.0643. The highest BCUT2D eigenvalue weighted by molar-refractivity contribution is 7.92. The summed E-state index contributed by atoms with van der Waals surface area (Å²) >= 11 is 5.89. The lowest BCUT2D eigenvalue weighted by molar-refractivity contribution is 0.0722. The van der Waals surface area contributed by atoms with Crippen LogP contribution in [0, 0.1) is 17.7 Å². The van der Waals surface area contributed by atoms with Crippen molar-refractivity contribution in [3.05, 3.63) is 56.1 Å². The highest BCUT2D eigenvalue weighted by atomic mass is 35.5. The van der Waals surface area contributed by atoms with E-state index in [1.165, 1.54) is 32.0 Å². The summed E-state index contributed by atoms with van der Waals surface area (Å²) in [5.74, 6) is -1.68. The van der Waals surface area contributed by atoms with Gasteiger partial charge in [0.25, 0.3) is 11.5 Å². The van der Waals surface area contributed by atoms with Crippen LogP contribution >= 0.6 is 11.6 Å². The van der Waals surface area contributed by atoms with Gasteiger partial charge in [-0.25, -0.2) is 12.8 Å². The molecule has 1 aromatic heterocycles. The lowest BCUT2D eigenvalue weighted by Gasteiger charge is -2.35. The van der Waals surface area contributed by atoms with Gasteiger partial charge in [-0.2, -0.15) is 0 Å². The fraction of sp³-hybridized carbons (Fsp3) is 0.538. The van der Waals surface area contributed by atoms with Crippen LogP contribution in [0.25, 0.3) is 0 Å². The third-order valence-electron chi connectivity index (χ3n) is 6.36. The van der Waals surface area contributed by atoms with Crippen molar-refractivity contribution >= 4 is 33.3 Å². The van der Waals surface area contributed by atoms with Crippen LogP contribution in [0.4, 0.5) is 10.2 Å². The highest BCUT2D eigenvalue weighted by Gasteiger charge is 2.37. The Kier molecular flexibility index (Phi) is 8.95. The summed E-state index contributed by atoms with van der Waals surface area (Å²) in [7, 11) is -3.81. The Morgan fingerprint density at radius 1 is 1.16 bits per heavy atom. The van der Waals surface area contributed by atoms with Crippen molar-refractivity contribution in [3.63, 3.8) is 0 Å². The molecule has 0 fully saturated rings. The molecule has 204 valence electrons. The SMILES string of the molecule is CCN(c1c2c(c(O)c(=O)n1CC(C)C)C(=O)N(Cc1ccc(F)c(Cl)c1)CC2)S(=O)(=O)CCC(C)C. The molecule has 8 nitrogen and oxygen atoms in total. The van der Waals surface area contributed by atoms with E-state index in [2.05, 4.69) is 0 Å². The second-order valence-electron chi connectivity index (χ2n) is 10.2. The van der Waals surface area contributed by atoms with Gasteiger partial charge in [-0.1, -0.05) is 45.4 Å². The second kappa shape index (κ2) is 11.4. The maximum atomic E-state index is 13.6. The number of hydrogen-bond donors (Lipinski definition) is 1. The molecule has 0 spiro atoms. The Morgan fingerprint density at radius 2 is 1.84 bits per heavy atom. The quantitative estimate of drug-likeness (QED) is 0.468. The molecule has 3 rings (SSSR count). The minimum Gasteiger partial charge on any atom is -0.502 e. The Morgan fingerprint density at radius 3 is 2.41 bits per heavy atom. The van der Waals surface area contributed by atoms with Crippen molar-refractivity contribution < 1.29 is 22.7 Å². The summed E-state index contributed by atoms with van der Waals surface area (Å²) < 4.78 is 43.0. The van der Waals surface area contributed by atoms with Crippen LogP contribution in [0.15, 0.2) is 23.0 Å². The van der Waals surface area contributed by atoms with Crippen LogP contribution in [0.3, 0.4) is 0 Å². The number of amides is 1. The van der Waals surface area contributed by atoms with Crippen LogP contribution in [0.5, 0.6) is 5.75 Å². The molecule has 0 aliphatic carbocycles. The molecule has 0 saturated heterocycles. The molecule has 11 heteroatoms. The normalized spacial score (nSPS) is 14.0. The number of carbonyl (C=O) groups is 1. The predicted molar refractivity (Wildman–Crippen MR) is 143 cm³/mol. The molecule has 0 bridgehead atoms. The largest absolute Gasteiger partial charge is 0.502 e. The molecule has 0 saturated carbocycles. The molecule has 2 heterocycles. The molecule has 2 aromatic rings. The number of hydrogen-bond acceptors (Lipinski definition) is 5. The minimum absolute atomic E-state index is 0.0232. The molecule has 1 aliphatic rings. The van der Waals surface area contributed by atoms with Crippen LogP contribution in [0.1, 0.15) is 62.5 Å². The van der Waals surface area contributed by atoms with E-state index in [1.54, 1.807) is 6.92 Å². The van der Waals surface area contributed by atoms with Gasteiger partial charge in [-0.05, 0) is 49.3 Å². The van der Waals surface area contributed by atoms with Crippen LogP contribution in [-0.2, 0) is 29.5 Å². The van der Waals surface area contributed by atoms with Gasteiger partial charge in [0.05, 0.1) is 16.3 Å². The summed E-state index contributed by atoms with van der Waals surface area (Å²) in [4.78, 5) is 28.4. The minimum atomic E-state index is -3.81. The monoisotopic (exact) mass is 555 g/mol. The Balaban J connectivity index is 2.16. The number of fused-ring (bicyclic) bond motifs is 1. The van der Waals surface area contributed by atoms with Gasteiger partial charge in [0, 0.05) is 31.7 Å². The Bertz CT molecular complexity index is 1340. The summed E-state index contributed by atoms with van der Waals surface area (Å²) in [6, 6.07) is 4.14. The lowest BCUT2D eigenvalue weighted by Crippen LogP contribution is -2.44. The molecule has 1 aliphatic heterocycles. The van der Waals surface area contributed by atoms with Crippen LogP contribution in [0.2, 0.25) is 5.02 Å². The molecule has 1 aromatic carbocycles. The van der Waals surface area contributed by atoms with E-state index in [-0.39, 0.29) is 66.6 Å². The number of anilines is 1. The van der Waals surface area contributed by atoms with Crippen molar-refractivity contribution in [2.45, 2.75) is 60.5 Å². The van der Waals surface area contributed by atoms with Gasteiger partial charge >= 0.3 is 0 Å². The fourth-order valence-electron chi connectivity index (χ4n) is 4.52. The first kappa shape index (κ1) is 29.0. The first-order chi connectivity index (χ1) is 17.3. The topological polar surface area (TPSA) is 99.9 Å². The van der Waals surface area contributed by atoms with Gasteiger partial charge < -0.3 is 10.0 Å². The Hall–Kier alpha value is -2.59. The number of aromatic hydroxyl groups is 1. The zero-order chi connectivity index (χ0) is 27.7. The molecular formula is C26H35ClFN3O5S. The summed E-state index contributed by atoms with van der Waals surface area (Å²) in [6.07, 6.45) is 0.675. The number of pyridine rings is 1. The molecule has 0 atom stereocenters. The van der Waals surface area contributed by atoms with Crippen LogP contribution in [-0.4, -0.2) is 47.7 Å². The van der Waals surface area contributed by atoms with E-state index in [1.807, 2.05) is 27.7 Å². The highest BCUT2D eigenvalue weighted by Crippen LogP contribution is 2.35. The van der Waals surface area contributed by atoms with Crippen molar-refractivity contribution in [3.8, 4) is 5.75 Å². The number of halogens is 2. The number of rotatable bonds is 10. The van der Waals surface area contributed by atoms with Crippen LogP contribution < -0.4 is 9.86 Å². The maximum absolute atomic E-state index is 13.6. The summed E-state index contributed by atoms with van der Waals surface area (Å²) in [6.45, 7) is 9.88. The standard InChI is InChI=1S/C26H35ClFN3O5S/c1-6-31(37(35,36)12-10-16(2)3)24-19-9-11-29(15-18-7-8-21(28)20(27)13-18)25(33)22(19)23(32)26(34)30(24)14-17(4)5/h7-8,13,16-17,32H,6,9-12,14-15H2,1-5H3. The molecule has 37 heavy (non-hydrogen) atoms.